The molecule has 0 radical (unpaired) electrons. The van der Waals surface area contributed by atoms with Crippen molar-refractivity contribution in [3.05, 3.63) is 11.8 Å². The van der Waals surface area contributed by atoms with E-state index in [4.69, 9.17) is 5.11 Å². The highest BCUT2D eigenvalue weighted by Crippen LogP contribution is 2.13. The monoisotopic (exact) mass is 199 g/mol. The Morgan fingerprint density at radius 3 is 2.93 bits per heavy atom. The van der Waals surface area contributed by atoms with Gasteiger partial charge in [-0.2, -0.15) is 0 Å². The van der Waals surface area contributed by atoms with E-state index >= 15 is 0 Å². The van der Waals surface area contributed by atoms with Crippen LogP contribution in [0.1, 0.15) is 6.92 Å². The van der Waals surface area contributed by atoms with Crippen LogP contribution >= 0.6 is 0 Å². The molecule has 0 aliphatic carbocycles. The lowest BCUT2D eigenvalue weighted by atomic mass is 10.2. The van der Waals surface area contributed by atoms with Crippen LogP contribution in [0.3, 0.4) is 0 Å². The van der Waals surface area contributed by atoms with Crippen LogP contribution in [-0.2, 0) is 19.1 Å². The normalized spacial score (nSPS) is 22.3. The molecule has 0 aromatic carbocycles. The first-order chi connectivity index (χ1) is 6.54. The smallest absolute Gasteiger partial charge is 0.355 e. The summed E-state index contributed by atoms with van der Waals surface area (Å²) in [7, 11) is 0. The molecule has 2 unspecified atom stereocenters. The van der Waals surface area contributed by atoms with E-state index in [-0.39, 0.29) is 12.0 Å². The summed E-state index contributed by atoms with van der Waals surface area (Å²) in [5.41, 5.74) is -0.0524. The van der Waals surface area contributed by atoms with Crippen molar-refractivity contribution < 1.29 is 24.2 Å². The van der Waals surface area contributed by atoms with Gasteiger partial charge in [-0.3, -0.25) is 4.79 Å². The highest BCUT2D eigenvalue weighted by Gasteiger charge is 2.30. The number of hydrogen-bond acceptors (Lipinski definition) is 5. The van der Waals surface area contributed by atoms with Gasteiger partial charge in [-0.15, -0.1) is 0 Å². The molecule has 76 valence electrons. The first kappa shape index (κ1) is 10.4. The number of aliphatic hydroxyl groups excluding tert-OH is 1. The van der Waals surface area contributed by atoms with E-state index in [9.17, 15) is 14.4 Å². The number of aldehydes is 1. The molecule has 2 atom stereocenters. The van der Waals surface area contributed by atoms with Crippen molar-refractivity contribution in [3.8, 4) is 0 Å². The zero-order valence-electron chi connectivity index (χ0n) is 7.39. The SMILES string of the molecule is CC(=O)NC1=CC(C(O)C=O)OC1=O. The molecule has 2 N–H and O–H groups in total. The molecular formula is C8H9NO5. The Bertz CT molecular complexity index is 309. The van der Waals surface area contributed by atoms with Crippen molar-refractivity contribution >= 4 is 18.2 Å². The van der Waals surface area contributed by atoms with Crippen molar-refractivity contribution in [2.24, 2.45) is 0 Å². The molecule has 0 aromatic heterocycles. The first-order valence-electron chi connectivity index (χ1n) is 3.88. The second kappa shape index (κ2) is 4.01. The number of amides is 1. The van der Waals surface area contributed by atoms with Gasteiger partial charge in [0.25, 0.3) is 0 Å². The summed E-state index contributed by atoms with van der Waals surface area (Å²) < 4.78 is 4.60. The standard InChI is InChI=1S/C8H9NO5/c1-4(11)9-5-2-7(6(12)3-10)14-8(5)13/h2-3,6-7,12H,1H3,(H,9,11). The van der Waals surface area contributed by atoms with E-state index in [1.165, 1.54) is 13.0 Å². The Morgan fingerprint density at radius 1 is 1.79 bits per heavy atom. The summed E-state index contributed by atoms with van der Waals surface area (Å²) in [6, 6.07) is 0. The predicted molar refractivity (Wildman–Crippen MR) is 43.9 cm³/mol. The van der Waals surface area contributed by atoms with Crippen LogP contribution in [0.4, 0.5) is 0 Å². The van der Waals surface area contributed by atoms with Crippen molar-refractivity contribution in [2.75, 3.05) is 0 Å². The third-order valence-electron chi connectivity index (χ3n) is 1.58. The van der Waals surface area contributed by atoms with Gasteiger partial charge in [0.2, 0.25) is 5.91 Å². The topological polar surface area (TPSA) is 92.7 Å². The molecule has 1 heterocycles. The van der Waals surface area contributed by atoms with Gasteiger partial charge in [-0.05, 0) is 6.08 Å². The Balaban J connectivity index is 2.71. The second-order valence-corrected chi connectivity index (χ2v) is 2.76. The number of carbonyl (C=O) groups excluding carboxylic acids is 3. The molecule has 1 amide bonds. The summed E-state index contributed by atoms with van der Waals surface area (Å²) >= 11 is 0. The lowest BCUT2D eigenvalue weighted by Crippen LogP contribution is -2.26. The molecule has 6 nitrogen and oxygen atoms in total. The zero-order valence-corrected chi connectivity index (χ0v) is 7.39. The lowest BCUT2D eigenvalue weighted by molar-refractivity contribution is -0.145. The van der Waals surface area contributed by atoms with Crippen molar-refractivity contribution in [2.45, 2.75) is 19.1 Å². The zero-order chi connectivity index (χ0) is 10.7. The number of ether oxygens (including phenoxy) is 1. The molecular weight excluding hydrogens is 190 g/mol. The molecule has 1 aliphatic rings. The van der Waals surface area contributed by atoms with E-state index in [1.54, 1.807) is 0 Å². The quantitative estimate of drug-likeness (QED) is 0.426. The van der Waals surface area contributed by atoms with Crippen LogP contribution in [0, 0.1) is 0 Å². The molecule has 0 aromatic rings. The van der Waals surface area contributed by atoms with Crippen LogP contribution < -0.4 is 5.32 Å². The molecule has 0 fully saturated rings. The molecule has 0 saturated carbocycles. The third kappa shape index (κ3) is 2.17. The predicted octanol–water partition coefficient (Wildman–Crippen LogP) is -1.51. The number of cyclic esters (lactones) is 1. The number of aliphatic hydroxyl groups is 1. The van der Waals surface area contributed by atoms with E-state index in [1.807, 2.05) is 0 Å². The Kier molecular flexibility index (Phi) is 2.98. The van der Waals surface area contributed by atoms with Crippen LogP contribution in [0.5, 0.6) is 0 Å². The van der Waals surface area contributed by atoms with Crippen LogP contribution in [0.2, 0.25) is 0 Å². The molecule has 0 spiro atoms. The maximum Gasteiger partial charge on any atom is 0.355 e. The molecule has 6 heteroatoms. The second-order valence-electron chi connectivity index (χ2n) is 2.76. The molecule has 1 rings (SSSR count). The minimum atomic E-state index is -1.40. The maximum atomic E-state index is 11.0. The van der Waals surface area contributed by atoms with Crippen molar-refractivity contribution in [1.29, 1.82) is 0 Å². The van der Waals surface area contributed by atoms with Gasteiger partial charge in [0, 0.05) is 6.92 Å². The van der Waals surface area contributed by atoms with Crippen LogP contribution in [-0.4, -0.2) is 35.5 Å². The van der Waals surface area contributed by atoms with Gasteiger partial charge in [-0.1, -0.05) is 0 Å². The Hall–Kier alpha value is -1.69. The van der Waals surface area contributed by atoms with E-state index in [0.29, 0.717) is 0 Å². The average molecular weight is 199 g/mol. The fourth-order valence-corrected chi connectivity index (χ4v) is 0.981. The molecule has 14 heavy (non-hydrogen) atoms. The highest BCUT2D eigenvalue weighted by atomic mass is 16.6. The van der Waals surface area contributed by atoms with Crippen LogP contribution in [0.15, 0.2) is 11.8 Å². The number of hydrogen-bond donors (Lipinski definition) is 2. The summed E-state index contributed by atoms with van der Waals surface area (Å²) in [5.74, 6) is -1.18. The van der Waals surface area contributed by atoms with Crippen molar-refractivity contribution in [1.82, 2.24) is 5.32 Å². The van der Waals surface area contributed by atoms with Crippen LogP contribution in [0.25, 0.3) is 0 Å². The van der Waals surface area contributed by atoms with Gasteiger partial charge < -0.3 is 20.0 Å². The largest absolute Gasteiger partial charge is 0.450 e. The number of rotatable bonds is 3. The summed E-state index contributed by atoms with van der Waals surface area (Å²) in [6.45, 7) is 1.23. The highest BCUT2D eigenvalue weighted by molar-refractivity contribution is 5.95. The minimum Gasteiger partial charge on any atom is -0.450 e. The van der Waals surface area contributed by atoms with Gasteiger partial charge in [-0.25, -0.2) is 4.79 Å². The average Bonchev–Trinajstić information content (AvgIpc) is 2.46. The van der Waals surface area contributed by atoms with Gasteiger partial charge >= 0.3 is 5.97 Å². The lowest BCUT2D eigenvalue weighted by Gasteiger charge is -2.08. The molecule has 0 saturated heterocycles. The van der Waals surface area contributed by atoms with E-state index < -0.39 is 24.1 Å². The minimum absolute atomic E-state index is 0.0524. The number of carbonyl (C=O) groups is 3. The third-order valence-corrected chi connectivity index (χ3v) is 1.58. The maximum absolute atomic E-state index is 11.0. The fraction of sp³-hybridized carbons (Fsp3) is 0.375. The van der Waals surface area contributed by atoms with Crippen molar-refractivity contribution in [3.63, 3.8) is 0 Å². The number of nitrogens with one attached hydrogen (secondary N) is 1. The fourth-order valence-electron chi connectivity index (χ4n) is 0.981. The number of esters is 1. The van der Waals surface area contributed by atoms with Gasteiger partial charge in [0.05, 0.1) is 0 Å². The Labute approximate surface area is 79.5 Å². The Morgan fingerprint density at radius 2 is 2.43 bits per heavy atom. The molecule has 1 aliphatic heterocycles. The molecule has 0 bridgehead atoms. The first-order valence-corrected chi connectivity index (χ1v) is 3.88. The van der Waals surface area contributed by atoms with E-state index in [0.717, 1.165) is 0 Å². The van der Waals surface area contributed by atoms with Gasteiger partial charge in [0.15, 0.2) is 12.4 Å². The summed E-state index contributed by atoms with van der Waals surface area (Å²) in [6.07, 6.45) is -0.958. The van der Waals surface area contributed by atoms with E-state index in [2.05, 4.69) is 10.1 Å². The summed E-state index contributed by atoms with van der Waals surface area (Å²) in [4.78, 5) is 31.8. The summed E-state index contributed by atoms with van der Waals surface area (Å²) in [5, 5.41) is 11.2. The van der Waals surface area contributed by atoms with Gasteiger partial charge in [0.1, 0.15) is 11.8 Å².